The third-order valence-electron chi connectivity index (χ3n) is 2.74. The highest BCUT2D eigenvalue weighted by Gasteiger charge is 2.12. The summed E-state index contributed by atoms with van der Waals surface area (Å²) in [5, 5.41) is 7.49. The third-order valence-corrected chi connectivity index (χ3v) is 3.89. The molecule has 0 fully saturated rings. The Labute approximate surface area is 109 Å². The van der Waals surface area contributed by atoms with Crippen LogP contribution in [0.25, 0.3) is 11.0 Å². The van der Waals surface area contributed by atoms with Crippen molar-refractivity contribution in [3.8, 4) is 0 Å². The second kappa shape index (κ2) is 4.42. The number of anilines is 1. The summed E-state index contributed by atoms with van der Waals surface area (Å²) in [6.07, 6.45) is 3.42. The fraction of sp³-hybridized carbons (Fsp3) is 0.231. The van der Waals surface area contributed by atoms with Gasteiger partial charge < -0.3 is 9.73 Å². The van der Waals surface area contributed by atoms with Crippen LogP contribution in [-0.2, 0) is 0 Å². The number of rotatable bonds is 3. The summed E-state index contributed by atoms with van der Waals surface area (Å²) in [5.74, 6) is 0.835. The average molecular weight is 259 g/mol. The van der Waals surface area contributed by atoms with Crippen LogP contribution in [0.3, 0.4) is 0 Å². The largest absolute Gasteiger partial charge is 0.464 e. The highest BCUT2D eigenvalue weighted by atomic mass is 32.1. The molecule has 0 aliphatic rings. The second-order valence-electron chi connectivity index (χ2n) is 4.19. The van der Waals surface area contributed by atoms with E-state index in [0.29, 0.717) is 0 Å². The summed E-state index contributed by atoms with van der Waals surface area (Å²) in [4.78, 5) is 8.84. The molecule has 1 N–H and O–H groups in total. The normalized spacial score (nSPS) is 12.8. The predicted molar refractivity (Wildman–Crippen MR) is 72.9 cm³/mol. The summed E-state index contributed by atoms with van der Waals surface area (Å²) in [6.45, 7) is 4.08. The predicted octanol–water partition coefficient (Wildman–Crippen LogP) is 3.77. The standard InChI is InChI=1S/C13H13N3OS/c1-8-7-18-13(15-8)9(2)16-12-10-4-6-17-11(10)3-5-14-12/h3-7,9H,1-2H3,(H,14,16). The van der Waals surface area contributed by atoms with Gasteiger partial charge in [0.1, 0.15) is 16.4 Å². The molecule has 0 spiro atoms. The van der Waals surface area contributed by atoms with Gasteiger partial charge in [0.25, 0.3) is 0 Å². The summed E-state index contributed by atoms with van der Waals surface area (Å²) in [6, 6.07) is 3.92. The SMILES string of the molecule is Cc1csc(C(C)Nc2nccc3occc23)n1. The molecule has 0 radical (unpaired) electrons. The Kier molecular flexibility index (Phi) is 2.76. The van der Waals surface area contributed by atoms with E-state index >= 15 is 0 Å². The smallest absolute Gasteiger partial charge is 0.139 e. The maximum atomic E-state index is 5.36. The third kappa shape index (κ3) is 1.97. The number of hydrogen-bond donors (Lipinski definition) is 1. The minimum atomic E-state index is 0.136. The quantitative estimate of drug-likeness (QED) is 0.778. The van der Waals surface area contributed by atoms with E-state index < -0.39 is 0 Å². The number of nitrogens with zero attached hydrogens (tertiary/aromatic N) is 2. The van der Waals surface area contributed by atoms with E-state index in [1.165, 1.54) is 0 Å². The van der Waals surface area contributed by atoms with Gasteiger partial charge in [-0.2, -0.15) is 0 Å². The lowest BCUT2D eigenvalue weighted by atomic mass is 10.3. The van der Waals surface area contributed by atoms with Gasteiger partial charge in [-0.1, -0.05) is 0 Å². The monoisotopic (exact) mass is 259 g/mol. The Bertz CT molecular complexity index is 673. The van der Waals surface area contributed by atoms with Crippen molar-refractivity contribution >= 4 is 28.1 Å². The van der Waals surface area contributed by atoms with Gasteiger partial charge in [-0.05, 0) is 26.0 Å². The first kappa shape index (κ1) is 11.2. The zero-order valence-electron chi connectivity index (χ0n) is 10.2. The van der Waals surface area contributed by atoms with Gasteiger partial charge in [0.15, 0.2) is 0 Å². The second-order valence-corrected chi connectivity index (χ2v) is 5.07. The summed E-state index contributed by atoms with van der Waals surface area (Å²) < 4.78 is 5.36. The molecule has 3 heterocycles. The number of pyridine rings is 1. The number of nitrogens with one attached hydrogen (secondary N) is 1. The molecule has 0 aromatic carbocycles. The molecule has 1 atom stereocenters. The molecule has 0 aliphatic heterocycles. The zero-order valence-corrected chi connectivity index (χ0v) is 11.0. The number of aromatic nitrogens is 2. The van der Waals surface area contributed by atoms with Gasteiger partial charge in [-0.25, -0.2) is 9.97 Å². The molecule has 0 saturated heterocycles. The van der Waals surface area contributed by atoms with E-state index in [0.717, 1.165) is 27.5 Å². The lowest BCUT2D eigenvalue weighted by molar-refractivity contribution is 0.615. The minimum Gasteiger partial charge on any atom is -0.464 e. The maximum Gasteiger partial charge on any atom is 0.139 e. The first-order valence-electron chi connectivity index (χ1n) is 5.75. The zero-order chi connectivity index (χ0) is 12.5. The van der Waals surface area contributed by atoms with Gasteiger partial charge in [-0.15, -0.1) is 11.3 Å². The van der Waals surface area contributed by atoms with Crippen molar-refractivity contribution in [3.63, 3.8) is 0 Å². The van der Waals surface area contributed by atoms with Gasteiger partial charge in [-0.3, -0.25) is 0 Å². The van der Waals surface area contributed by atoms with E-state index in [1.807, 2.05) is 19.1 Å². The van der Waals surface area contributed by atoms with Crippen LogP contribution in [0.1, 0.15) is 23.7 Å². The van der Waals surface area contributed by atoms with Crippen LogP contribution >= 0.6 is 11.3 Å². The van der Waals surface area contributed by atoms with Crippen LogP contribution in [0.2, 0.25) is 0 Å². The molecule has 18 heavy (non-hydrogen) atoms. The molecule has 5 heteroatoms. The number of thiazole rings is 1. The molecule has 0 aliphatic carbocycles. The number of fused-ring (bicyclic) bond motifs is 1. The van der Waals surface area contributed by atoms with Gasteiger partial charge >= 0.3 is 0 Å². The van der Waals surface area contributed by atoms with Crippen molar-refractivity contribution in [1.29, 1.82) is 0 Å². The molecule has 92 valence electrons. The Morgan fingerprint density at radius 1 is 1.39 bits per heavy atom. The summed E-state index contributed by atoms with van der Waals surface area (Å²) in [7, 11) is 0. The van der Waals surface area contributed by atoms with Crippen molar-refractivity contribution < 1.29 is 4.42 Å². The summed E-state index contributed by atoms with van der Waals surface area (Å²) >= 11 is 1.66. The fourth-order valence-electron chi connectivity index (χ4n) is 1.85. The minimum absolute atomic E-state index is 0.136. The molecule has 3 aromatic heterocycles. The number of hydrogen-bond acceptors (Lipinski definition) is 5. The molecule has 3 aromatic rings. The average Bonchev–Trinajstić information content (AvgIpc) is 2.97. The maximum absolute atomic E-state index is 5.36. The lowest BCUT2D eigenvalue weighted by Crippen LogP contribution is -2.07. The molecule has 1 unspecified atom stereocenters. The molecule has 0 saturated carbocycles. The summed E-state index contributed by atoms with van der Waals surface area (Å²) in [5.41, 5.74) is 1.90. The number of aryl methyl sites for hydroxylation is 1. The van der Waals surface area contributed by atoms with Crippen LogP contribution in [-0.4, -0.2) is 9.97 Å². The molecule has 0 amide bonds. The van der Waals surface area contributed by atoms with Crippen molar-refractivity contribution in [2.24, 2.45) is 0 Å². The first-order chi connectivity index (χ1) is 8.74. The van der Waals surface area contributed by atoms with Crippen LogP contribution in [0.5, 0.6) is 0 Å². The molecule has 3 rings (SSSR count). The Morgan fingerprint density at radius 2 is 2.28 bits per heavy atom. The van der Waals surface area contributed by atoms with Crippen LogP contribution < -0.4 is 5.32 Å². The van der Waals surface area contributed by atoms with Crippen molar-refractivity contribution in [2.75, 3.05) is 5.32 Å². The van der Waals surface area contributed by atoms with Gasteiger partial charge in [0.2, 0.25) is 0 Å². The Balaban J connectivity index is 1.90. The number of furan rings is 1. The molecule has 4 nitrogen and oxygen atoms in total. The highest BCUT2D eigenvalue weighted by Crippen LogP contribution is 2.26. The Morgan fingerprint density at radius 3 is 3.06 bits per heavy atom. The van der Waals surface area contributed by atoms with E-state index in [2.05, 4.69) is 27.6 Å². The van der Waals surface area contributed by atoms with Crippen molar-refractivity contribution in [2.45, 2.75) is 19.9 Å². The topological polar surface area (TPSA) is 51.0 Å². The van der Waals surface area contributed by atoms with Gasteiger partial charge in [0.05, 0.1) is 17.7 Å². The van der Waals surface area contributed by atoms with E-state index in [-0.39, 0.29) is 6.04 Å². The highest BCUT2D eigenvalue weighted by molar-refractivity contribution is 7.09. The van der Waals surface area contributed by atoms with E-state index in [9.17, 15) is 0 Å². The fourth-order valence-corrected chi connectivity index (χ4v) is 2.65. The Hall–Kier alpha value is -1.88. The molecule has 0 bridgehead atoms. The van der Waals surface area contributed by atoms with E-state index in [1.54, 1.807) is 23.8 Å². The molecular formula is C13H13N3OS. The molecular weight excluding hydrogens is 246 g/mol. The first-order valence-corrected chi connectivity index (χ1v) is 6.63. The van der Waals surface area contributed by atoms with Crippen LogP contribution in [0, 0.1) is 6.92 Å². The van der Waals surface area contributed by atoms with Gasteiger partial charge in [0, 0.05) is 17.3 Å². The lowest BCUT2D eigenvalue weighted by Gasteiger charge is -2.12. The van der Waals surface area contributed by atoms with Crippen LogP contribution in [0.15, 0.2) is 34.4 Å². The van der Waals surface area contributed by atoms with E-state index in [4.69, 9.17) is 4.42 Å². The van der Waals surface area contributed by atoms with Crippen molar-refractivity contribution in [3.05, 3.63) is 40.7 Å². The van der Waals surface area contributed by atoms with Crippen molar-refractivity contribution in [1.82, 2.24) is 9.97 Å². The van der Waals surface area contributed by atoms with Crippen LogP contribution in [0.4, 0.5) is 5.82 Å².